The summed E-state index contributed by atoms with van der Waals surface area (Å²) in [7, 11) is 0. The maximum atomic E-state index is 6.79. The zero-order valence-electron chi connectivity index (χ0n) is 37.7. The minimum Gasteiger partial charge on any atom is -0.456 e. The van der Waals surface area contributed by atoms with Gasteiger partial charge in [0.2, 0.25) is 0 Å². The molecule has 1 aliphatic rings. The van der Waals surface area contributed by atoms with Crippen molar-refractivity contribution in [1.82, 2.24) is 4.57 Å². The Bertz CT molecular complexity index is 4160. The van der Waals surface area contributed by atoms with Crippen LogP contribution in [0.1, 0.15) is 25.0 Å². The van der Waals surface area contributed by atoms with Gasteiger partial charge >= 0.3 is 0 Å². The van der Waals surface area contributed by atoms with Crippen molar-refractivity contribution in [3.8, 4) is 39.1 Å². The van der Waals surface area contributed by atoms with E-state index in [4.69, 9.17) is 4.42 Å². The van der Waals surface area contributed by atoms with Gasteiger partial charge in [0.1, 0.15) is 11.2 Å². The number of hydrogen-bond acceptors (Lipinski definition) is 2. The Morgan fingerprint density at radius 1 is 0.382 bits per heavy atom. The molecular weight excluding hydrogens is 825 g/mol. The van der Waals surface area contributed by atoms with E-state index in [1.54, 1.807) is 0 Å². The second-order valence-electron chi connectivity index (χ2n) is 18.8. The molecule has 2 heterocycles. The topological polar surface area (TPSA) is 21.3 Å². The van der Waals surface area contributed by atoms with Crippen molar-refractivity contribution in [2.45, 2.75) is 19.3 Å². The third-order valence-electron chi connectivity index (χ3n) is 14.7. The molecule has 320 valence electrons. The molecule has 11 aromatic carbocycles. The SMILES string of the molecule is CC1(C)c2ccccc2-c2ccc(N(c3ccccc3)c3ccc(-n4c5cc(-c6cc7ccccc7c7ccccc67)ccc5c5c(-c6ccccc6)c6c(cc54)oc4ccccc46)cc3)cc21. The lowest BCUT2D eigenvalue weighted by molar-refractivity contribution is 0.660. The molecule has 0 amide bonds. The van der Waals surface area contributed by atoms with E-state index >= 15 is 0 Å². The van der Waals surface area contributed by atoms with Gasteiger partial charge < -0.3 is 13.9 Å². The summed E-state index contributed by atoms with van der Waals surface area (Å²) in [6.45, 7) is 4.70. The van der Waals surface area contributed by atoms with Crippen LogP contribution in [-0.4, -0.2) is 4.57 Å². The van der Waals surface area contributed by atoms with Crippen molar-refractivity contribution in [1.29, 1.82) is 0 Å². The summed E-state index contributed by atoms with van der Waals surface area (Å²) in [4.78, 5) is 2.39. The molecule has 3 heteroatoms. The van der Waals surface area contributed by atoms with Crippen molar-refractivity contribution < 1.29 is 4.42 Å². The Morgan fingerprint density at radius 2 is 1.03 bits per heavy atom. The molecule has 0 radical (unpaired) electrons. The zero-order chi connectivity index (χ0) is 45.1. The van der Waals surface area contributed by atoms with Gasteiger partial charge in [0.05, 0.1) is 11.0 Å². The summed E-state index contributed by atoms with van der Waals surface area (Å²) in [5, 5.41) is 9.65. The molecule has 0 saturated heterocycles. The van der Waals surface area contributed by atoms with Gasteiger partial charge in [0.15, 0.2) is 0 Å². The summed E-state index contributed by atoms with van der Waals surface area (Å²) in [5.41, 5.74) is 18.4. The number of hydrogen-bond donors (Lipinski definition) is 0. The van der Waals surface area contributed by atoms with E-state index in [0.29, 0.717) is 0 Å². The number of benzene rings is 11. The Hall–Kier alpha value is -8.66. The Morgan fingerprint density at radius 3 is 1.85 bits per heavy atom. The summed E-state index contributed by atoms with van der Waals surface area (Å²) < 4.78 is 9.25. The maximum Gasteiger partial charge on any atom is 0.138 e. The third-order valence-corrected chi connectivity index (χ3v) is 14.7. The lowest BCUT2D eigenvalue weighted by Crippen LogP contribution is -2.16. The highest BCUT2D eigenvalue weighted by Crippen LogP contribution is 2.51. The van der Waals surface area contributed by atoms with E-state index in [9.17, 15) is 0 Å². The molecule has 0 N–H and O–H groups in total. The highest BCUT2D eigenvalue weighted by Gasteiger charge is 2.36. The third kappa shape index (κ3) is 5.66. The molecule has 0 fully saturated rings. The normalized spacial score (nSPS) is 13.0. The number of nitrogens with zero attached hydrogens (tertiary/aromatic N) is 2. The molecule has 68 heavy (non-hydrogen) atoms. The summed E-state index contributed by atoms with van der Waals surface area (Å²) >= 11 is 0. The quantitative estimate of drug-likeness (QED) is 0.155. The Kier molecular flexibility index (Phi) is 8.33. The lowest BCUT2D eigenvalue weighted by Gasteiger charge is -2.28. The van der Waals surface area contributed by atoms with Gasteiger partial charge in [-0.1, -0.05) is 172 Å². The molecule has 13 aromatic rings. The monoisotopic (exact) mass is 868 g/mol. The van der Waals surface area contributed by atoms with Crippen molar-refractivity contribution in [2.75, 3.05) is 4.90 Å². The first kappa shape index (κ1) is 38.6. The van der Waals surface area contributed by atoms with Crippen molar-refractivity contribution in [3.05, 3.63) is 242 Å². The highest BCUT2D eigenvalue weighted by molar-refractivity contribution is 6.27. The van der Waals surface area contributed by atoms with E-state index in [0.717, 1.165) is 61.3 Å². The van der Waals surface area contributed by atoms with Crippen LogP contribution in [0.15, 0.2) is 235 Å². The minimum absolute atomic E-state index is 0.119. The molecular formula is C65H44N2O. The fourth-order valence-corrected chi connectivity index (χ4v) is 11.6. The van der Waals surface area contributed by atoms with Crippen molar-refractivity contribution in [3.63, 3.8) is 0 Å². The molecule has 0 unspecified atom stereocenters. The van der Waals surface area contributed by atoms with E-state index in [2.05, 4.69) is 254 Å². The number of rotatable bonds is 6. The molecule has 0 bridgehead atoms. The number of aromatic nitrogens is 1. The van der Waals surface area contributed by atoms with Crippen LogP contribution >= 0.6 is 0 Å². The fraction of sp³-hybridized carbons (Fsp3) is 0.0462. The predicted octanol–water partition coefficient (Wildman–Crippen LogP) is 18.1. The van der Waals surface area contributed by atoms with Crippen LogP contribution in [0, 0.1) is 0 Å². The largest absolute Gasteiger partial charge is 0.456 e. The van der Waals surface area contributed by atoms with E-state index < -0.39 is 0 Å². The molecule has 3 nitrogen and oxygen atoms in total. The van der Waals surface area contributed by atoms with Gasteiger partial charge in [-0.25, -0.2) is 0 Å². The molecule has 14 rings (SSSR count). The summed E-state index contributed by atoms with van der Waals surface area (Å²) in [6.07, 6.45) is 0. The van der Waals surface area contributed by atoms with Gasteiger partial charge in [0, 0.05) is 61.3 Å². The Labute approximate surface area is 394 Å². The van der Waals surface area contributed by atoms with E-state index in [-0.39, 0.29) is 5.41 Å². The summed E-state index contributed by atoms with van der Waals surface area (Å²) in [5.74, 6) is 0. The first-order valence-corrected chi connectivity index (χ1v) is 23.6. The van der Waals surface area contributed by atoms with Gasteiger partial charge in [-0.2, -0.15) is 0 Å². The lowest BCUT2D eigenvalue weighted by atomic mass is 9.82. The van der Waals surface area contributed by atoms with E-state index in [1.165, 1.54) is 71.3 Å². The zero-order valence-corrected chi connectivity index (χ0v) is 37.7. The fourth-order valence-electron chi connectivity index (χ4n) is 11.6. The second kappa shape index (κ2) is 14.7. The molecule has 0 atom stereocenters. The predicted molar refractivity (Wildman–Crippen MR) is 286 cm³/mol. The molecule has 1 aliphatic carbocycles. The van der Waals surface area contributed by atoms with Crippen LogP contribution in [0.2, 0.25) is 0 Å². The van der Waals surface area contributed by atoms with Crippen LogP contribution < -0.4 is 4.90 Å². The average Bonchev–Trinajstić information content (AvgIpc) is 4.00. The van der Waals surface area contributed by atoms with Crippen LogP contribution in [0.25, 0.3) is 104 Å². The summed E-state index contributed by atoms with van der Waals surface area (Å²) in [6, 6.07) is 84.4. The van der Waals surface area contributed by atoms with E-state index in [1.807, 2.05) is 0 Å². The Balaban J connectivity index is 1.02. The van der Waals surface area contributed by atoms with Gasteiger partial charge in [0.25, 0.3) is 0 Å². The molecule has 0 aliphatic heterocycles. The average molecular weight is 869 g/mol. The van der Waals surface area contributed by atoms with Crippen LogP contribution in [0.3, 0.4) is 0 Å². The van der Waals surface area contributed by atoms with Gasteiger partial charge in [-0.05, 0) is 127 Å². The van der Waals surface area contributed by atoms with Crippen LogP contribution in [0.4, 0.5) is 17.1 Å². The number of anilines is 3. The first-order chi connectivity index (χ1) is 33.5. The number of fused-ring (bicyclic) bond motifs is 12. The first-order valence-electron chi connectivity index (χ1n) is 23.6. The standard InChI is InChI=1S/C65H44N2O/c1-65(2)56-27-15-13-25-51(56)52-36-34-47(39-57(52)65)66(44-20-7-4-8-21-44)45-30-32-46(33-31-45)67-58-38-43(55-37-42-19-9-10-22-48(42)49-23-11-12-24-50(49)55)29-35-53(58)63-59(67)40-61-64(54-26-14-16-28-60(54)68-61)62(63)41-17-5-3-6-18-41/h3-40H,1-2H3. The number of furan rings is 1. The molecule has 2 aromatic heterocycles. The van der Waals surface area contributed by atoms with Crippen molar-refractivity contribution >= 4 is 82.4 Å². The smallest absolute Gasteiger partial charge is 0.138 e. The number of para-hydroxylation sites is 2. The minimum atomic E-state index is -0.119. The molecule has 0 spiro atoms. The maximum absolute atomic E-state index is 6.79. The second-order valence-corrected chi connectivity index (χ2v) is 18.8. The van der Waals surface area contributed by atoms with Crippen LogP contribution in [-0.2, 0) is 5.41 Å². The van der Waals surface area contributed by atoms with Crippen molar-refractivity contribution in [2.24, 2.45) is 0 Å². The highest BCUT2D eigenvalue weighted by atomic mass is 16.3. The van der Waals surface area contributed by atoms with Gasteiger partial charge in [-0.15, -0.1) is 0 Å². The molecule has 0 saturated carbocycles. The van der Waals surface area contributed by atoms with Crippen LogP contribution in [0.5, 0.6) is 0 Å². The van der Waals surface area contributed by atoms with Gasteiger partial charge in [-0.3, -0.25) is 0 Å².